The minimum atomic E-state index is 0.746. The summed E-state index contributed by atoms with van der Waals surface area (Å²) in [7, 11) is 0. The van der Waals surface area contributed by atoms with E-state index in [1.807, 2.05) is 0 Å². The topological polar surface area (TPSA) is 12.0 Å². The third-order valence-electron chi connectivity index (χ3n) is 3.23. The first-order valence-corrected chi connectivity index (χ1v) is 5.67. The molecule has 1 aliphatic rings. The molecule has 0 unspecified atom stereocenters. The first-order valence-electron chi connectivity index (χ1n) is 5.67. The molecule has 2 rings (SSSR count). The van der Waals surface area contributed by atoms with Crippen LogP contribution in [0.5, 0.6) is 0 Å². The highest BCUT2D eigenvalue weighted by Gasteiger charge is 2.26. The van der Waals surface area contributed by atoms with Gasteiger partial charge in [-0.25, -0.2) is 0 Å². The Bertz CT molecular complexity index is 268. The van der Waals surface area contributed by atoms with Crippen LogP contribution in [0.25, 0.3) is 0 Å². The van der Waals surface area contributed by atoms with Gasteiger partial charge in [-0.1, -0.05) is 43.7 Å². The van der Waals surface area contributed by atoms with Crippen LogP contribution in [0, 0.1) is 5.92 Å². The maximum Gasteiger partial charge on any atom is 0.00234 e. The smallest absolute Gasteiger partial charge is 0.00234 e. The minimum Gasteiger partial charge on any atom is -0.316 e. The molecule has 1 saturated heterocycles. The van der Waals surface area contributed by atoms with Crippen molar-refractivity contribution in [1.29, 1.82) is 0 Å². The molecule has 0 aromatic heterocycles. The zero-order chi connectivity index (χ0) is 9.80. The Hall–Kier alpha value is -0.820. The molecule has 1 aromatic carbocycles. The summed E-state index contributed by atoms with van der Waals surface area (Å²) in [6.45, 7) is 4.64. The standard InChI is InChI=1S/C13H19N/c1-2-6-12-9-14-10-13(12)11-7-4-3-5-8-11/h3-5,7-8,12-14H,2,6,9-10H2,1H3/t12-,13-/m1/s1. The Morgan fingerprint density at radius 1 is 1.21 bits per heavy atom. The van der Waals surface area contributed by atoms with Crippen molar-refractivity contribution in [1.82, 2.24) is 5.32 Å². The van der Waals surface area contributed by atoms with Gasteiger partial charge < -0.3 is 5.32 Å². The van der Waals surface area contributed by atoms with E-state index in [0.29, 0.717) is 0 Å². The van der Waals surface area contributed by atoms with Crippen LogP contribution in [0.1, 0.15) is 31.2 Å². The minimum absolute atomic E-state index is 0.746. The Morgan fingerprint density at radius 3 is 2.71 bits per heavy atom. The summed E-state index contributed by atoms with van der Waals surface area (Å²) in [6, 6.07) is 10.9. The molecule has 1 N–H and O–H groups in total. The highest BCUT2D eigenvalue weighted by Crippen LogP contribution is 2.30. The van der Waals surface area contributed by atoms with Crippen LogP contribution >= 0.6 is 0 Å². The van der Waals surface area contributed by atoms with Gasteiger partial charge in [0, 0.05) is 12.5 Å². The Balaban J connectivity index is 2.10. The Morgan fingerprint density at radius 2 is 2.00 bits per heavy atom. The molecule has 14 heavy (non-hydrogen) atoms. The molecule has 1 heteroatoms. The summed E-state index contributed by atoms with van der Waals surface area (Å²) >= 11 is 0. The van der Waals surface area contributed by atoms with Gasteiger partial charge in [0.05, 0.1) is 0 Å². The molecule has 0 spiro atoms. The molecule has 1 nitrogen and oxygen atoms in total. The monoisotopic (exact) mass is 189 g/mol. The number of benzene rings is 1. The van der Waals surface area contributed by atoms with Crippen molar-refractivity contribution >= 4 is 0 Å². The second-order valence-corrected chi connectivity index (χ2v) is 4.22. The summed E-state index contributed by atoms with van der Waals surface area (Å²) in [5, 5.41) is 3.51. The molecule has 2 atom stereocenters. The normalized spacial score (nSPS) is 26.6. The zero-order valence-corrected chi connectivity index (χ0v) is 8.87. The molecule has 76 valence electrons. The van der Waals surface area contributed by atoms with Crippen molar-refractivity contribution in [2.45, 2.75) is 25.7 Å². The van der Waals surface area contributed by atoms with Gasteiger partial charge in [0.1, 0.15) is 0 Å². The van der Waals surface area contributed by atoms with Crippen molar-refractivity contribution in [3.8, 4) is 0 Å². The molecule has 1 heterocycles. The lowest BCUT2D eigenvalue weighted by Crippen LogP contribution is -2.10. The molecular formula is C13H19N. The van der Waals surface area contributed by atoms with Crippen LogP contribution in [0.2, 0.25) is 0 Å². The lowest BCUT2D eigenvalue weighted by Gasteiger charge is -2.17. The Labute approximate surface area is 86.5 Å². The van der Waals surface area contributed by atoms with E-state index in [-0.39, 0.29) is 0 Å². The third kappa shape index (κ3) is 1.98. The van der Waals surface area contributed by atoms with E-state index in [0.717, 1.165) is 18.4 Å². The van der Waals surface area contributed by atoms with Crippen molar-refractivity contribution < 1.29 is 0 Å². The van der Waals surface area contributed by atoms with Gasteiger partial charge in [-0.2, -0.15) is 0 Å². The molecule has 1 fully saturated rings. The van der Waals surface area contributed by atoms with Gasteiger partial charge in [0.15, 0.2) is 0 Å². The lowest BCUT2D eigenvalue weighted by molar-refractivity contribution is 0.474. The molecule has 0 aliphatic carbocycles. The molecule has 0 saturated carbocycles. The maximum atomic E-state index is 3.51. The summed E-state index contributed by atoms with van der Waals surface area (Å²) in [5.74, 6) is 1.60. The molecule has 0 radical (unpaired) electrons. The number of hydrogen-bond acceptors (Lipinski definition) is 1. The van der Waals surface area contributed by atoms with Gasteiger partial charge >= 0.3 is 0 Å². The van der Waals surface area contributed by atoms with Crippen LogP contribution in [-0.4, -0.2) is 13.1 Å². The largest absolute Gasteiger partial charge is 0.316 e. The highest BCUT2D eigenvalue weighted by atomic mass is 14.9. The van der Waals surface area contributed by atoms with Crippen LogP contribution in [-0.2, 0) is 0 Å². The molecule has 1 aromatic rings. The molecule has 0 bridgehead atoms. The van der Waals surface area contributed by atoms with Gasteiger partial charge in [0.25, 0.3) is 0 Å². The second kappa shape index (κ2) is 4.61. The fourth-order valence-corrected chi connectivity index (χ4v) is 2.50. The summed E-state index contributed by atoms with van der Waals surface area (Å²) in [5.41, 5.74) is 1.51. The SMILES string of the molecule is CCC[C@@H]1CNC[C@@H]1c1ccccc1. The lowest BCUT2D eigenvalue weighted by atomic mass is 9.86. The van der Waals surface area contributed by atoms with E-state index < -0.39 is 0 Å². The van der Waals surface area contributed by atoms with E-state index in [4.69, 9.17) is 0 Å². The van der Waals surface area contributed by atoms with Gasteiger partial charge in [-0.05, 0) is 24.4 Å². The van der Waals surface area contributed by atoms with Crippen LogP contribution in [0.4, 0.5) is 0 Å². The van der Waals surface area contributed by atoms with E-state index in [2.05, 4.69) is 42.6 Å². The van der Waals surface area contributed by atoms with Crippen LogP contribution in [0.15, 0.2) is 30.3 Å². The van der Waals surface area contributed by atoms with Crippen LogP contribution in [0.3, 0.4) is 0 Å². The zero-order valence-electron chi connectivity index (χ0n) is 8.87. The average molecular weight is 189 g/mol. The van der Waals surface area contributed by atoms with Crippen molar-refractivity contribution in [3.05, 3.63) is 35.9 Å². The molecule has 1 aliphatic heterocycles. The maximum absolute atomic E-state index is 3.51. The first-order chi connectivity index (χ1) is 6.92. The van der Waals surface area contributed by atoms with Crippen LogP contribution < -0.4 is 5.32 Å². The highest BCUT2D eigenvalue weighted by molar-refractivity contribution is 5.22. The predicted octanol–water partition coefficient (Wildman–Crippen LogP) is 2.79. The van der Waals surface area contributed by atoms with Crippen molar-refractivity contribution in [2.75, 3.05) is 13.1 Å². The number of hydrogen-bond donors (Lipinski definition) is 1. The average Bonchev–Trinajstić information content (AvgIpc) is 2.68. The van der Waals surface area contributed by atoms with E-state index in [1.165, 1.54) is 24.9 Å². The van der Waals surface area contributed by atoms with Gasteiger partial charge in [-0.3, -0.25) is 0 Å². The van der Waals surface area contributed by atoms with Gasteiger partial charge in [0.2, 0.25) is 0 Å². The van der Waals surface area contributed by atoms with E-state index in [1.54, 1.807) is 0 Å². The number of rotatable bonds is 3. The molecular weight excluding hydrogens is 170 g/mol. The van der Waals surface area contributed by atoms with Crippen molar-refractivity contribution in [3.63, 3.8) is 0 Å². The third-order valence-corrected chi connectivity index (χ3v) is 3.23. The fraction of sp³-hybridized carbons (Fsp3) is 0.538. The van der Waals surface area contributed by atoms with E-state index >= 15 is 0 Å². The quantitative estimate of drug-likeness (QED) is 0.771. The Kier molecular flexibility index (Phi) is 3.20. The van der Waals surface area contributed by atoms with Crippen molar-refractivity contribution in [2.24, 2.45) is 5.92 Å². The fourth-order valence-electron chi connectivity index (χ4n) is 2.50. The summed E-state index contributed by atoms with van der Waals surface area (Å²) in [4.78, 5) is 0. The second-order valence-electron chi connectivity index (χ2n) is 4.22. The summed E-state index contributed by atoms with van der Waals surface area (Å²) in [6.07, 6.45) is 2.66. The summed E-state index contributed by atoms with van der Waals surface area (Å²) < 4.78 is 0. The predicted molar refractivity (Wildman–Crippen MR) is 60.5 cm³/mol. The first kappa shape index (κ1) is 9.72. The number of nitrogens with one attached hydrogen (secondary N) is 1. The molecule has 0 amide bonds. The van der Waals surface area contributed by atoms with Gasteiger partial charge in [-0.15, -0.1) is 0 Å². The van der Waals surface area contributed by atoms with E-state index in [9.17, 15) is 0 Å².